The van der Waals surface area contributed by atoms with E-state index >= 15 is 0 Å². The van der Waals surface area contributed by atoms with Crippen LogP contribution in [0.25, 0.3) is 11.0 Å². The number of carbonyl (C=O) groups is 1. The highest BCUT2D eigenvalue weighted by molar-refractivity contribution is 7.90. The van der Waals surface area contributed by atoms with Gasteiger partial charge in [0.1, 0.15) is 5.88 Å². The zero-order valence-corrected chi connectivity index (χ0v) is 21.8. The van der Waals surface area contributed by atoms with Gasteiger partial charge < -0.3 is 10.6 Å². The number of alkyl halides is 1. The Morgan fingerprint density at radius 3 is 2.35 bits per heavy atom. The third kappa shape index (κ3) is 5.49. The molecule has 37 heavy (non-hydrogen) atoms. The second kappa shape index (κ2) is 10.9. The maximum atomic E-state index is 13.3. The molecule has 3 heterocycles. The Morgan fingerprint density at radius 1 is 1.00 bits per heavy atom. The molecule has 1 amide bonds. The van der Waals surface area contributed by atoms with Crippen molar-refractivity contribution >= 4 is 49.9 Å². The van der Waals surface area contributed by atoms with Crippen LogP contribution in [0, 0.1) is 0 Å². The second-order valence-electron chi connectivity index (χ2n) is 9.08. The summed E-state index contributed by atoms with van der Waals surface area (Å²) in [5.74, 6) is -0.557. The van der Waals surface area contributed by atoms with Crippen LogP contribution >= 0.6 is 11.6 Å². The molecule has 1 aliphatic heterocycles. The minimum Gasteiger partial charge on any atom is -0.380 e. The smallest absolute Gasteiger partial charge is 0.269 e. The van der Waals surface area contributed by atoms with Crippen molar-refractivity contribution in [2.45, 2.75) is 30.3 Å². The Morgan fingerprint density at radius 2 is 1.68 bits per heavy atom. The number of hydrogen-bond acceptors (Lipinski definition) is 6. The van der Waals surface area contributed by atoms with Gasteiger partial charge in [-0.2, -0.15) is 0 Å². The second-order valence-corrected chi connectivity index (χ2v) is 11.2. The molecule has 10 heteroatoms. The summed E-state index contributed by atoms with van der Waals surface area (Å²) in [7, 11) is -3.84. The van der Waals surface area contributed by atoms with Crippen LogP contribution in [0.15, 0.2) is 84.0 Å². The number of carbonyl (C=O) groups excluding carboxylic acids is 1. The summed E-state index contributed by atoms with van der Waals surface area (Å²) in [5, 5.41) is 6.99. The van der Waals surface area contributed by atoms with Crippen molar-refractivity contribution < 1.29 is 13.2 Å². The molecule has 0 radical (unpaired) electrons. The fourth-order valence-electron chi connectivity index (χ4n) is 4.68. The van der Waals surface area contributed by atoms with Crippen molar-refractivity contribution in [1.29, 1.82) is 0 Å². The minimum atomic E-state index is -3.84. The van der Waals surface area contributed by atoms with Crippen LogP contribution in [0.2, 0.25) is 0 Å². The van der Waals surface area contributed by atoms with Crippen molar-refractivity contribution in [3.8, 4) is 0 Å². The van der Waals surface area contributed by atoms with E-state index in [0.29, 0.717) is 16.8 Å². The molecule has 192 valence electrons. The molecule has 1 aliphatic rings. The van der Waals surface area contributed by atoms with Gasteiger partial charge in [-0.3, -0.25) is 9.69 Å². The number of likely N-dealkylation sites (tertiary alicyclic amines) is 1. The molecule has 1 saturated heterocycles. The highest BCUT2D eigenvalue weighted by Gasteiger charge is 2.25. The van der Waals surface area contributed by atoms with E-state index in [4.69, 9.17) is 11.6 Å². The van der Waals surface area contributed by atoms with Crippen molar-refractivity contribution in [2.75, 3.05) is 29.6 Å². The number of amides is 1. The molecule has 8 nitrogen and oxygen atoms in total. The number of fused-ring (bicyclic) bond motifs is 1. The van der Waals surface area contributed by atoms with Crippen LogP contribution < -0.4 is 10.6 Å². The van der Waals surface area contributed by atoms with Crippen LogP contribution in [0.3, 0.4) is 0 Å². The molecular weight excluding hydrogens is 510 g/mol. The van der Waals surface area contributed by atoms with Crippen LogP contribution in [0.4, 0.5) is 11.4 Å². The lowest BCUT2D eigenvalue weighted by Gasteiger charge is -2.33. The average molecular weight is 538 g/mol. The van der Waals surface area contributed by atoms with Crippen molar-refractivity contribution in [3.05, 3.63) is 84.7 Å². The number of pyridine rings is 1. The normalized spacial score (nSPS) is 15.1. The SMILES string of the molecule is O=C(CCl)Nc1cnc2c(ccn2S(=O)(=O)c2ccccc2)c1NC1CCN(Cc2ccccc2)CC1. The molecule has 0 aliphatic carbocycles. The van der Waals surface area contributed by atoms with E-state index in [1.54, 1.807) is 36.4 Å². The third-order valence-electron chi connectivity index (χ3n) is 6.56. The number of nitrogens with zero attached hydrogens (tertiary/aromatic N) is 3. The molecule has 2 aromatic carbocycles. The number of rotatable bonds is 8. The summed E-state index contributed by atoms with van der Waals surface area (Å²) >= 11 is 5.74. The van der Waals surface area contributed by atoms with Gasteiger partial charge in [0.25, 0.3) is 10.0 Å². The first-order valence-electron chi connectivity index (χ1n) is 12.1. The maximum absolute atomic E-state index is 13.3. The number of benzene rings is 2. The van der Waals surface area contributed by atoms with E-state index in [9.17, 15) is 13.2 Å². The number of piperidine rings is 1. The largest absolute Gasteiger partial charge is 0.380 e. The molecule has 0 bridgehead atoms. The van der Waals surface area contributed by atoms with E-state index in [2.05, 4.69) is 44.8 Å². The minimum absolute atomic E-state index is 0.151. The number of aromatic nitrogens is 2. The number of anilines is 2. The Balaban J connectivity index is 1.42. The van der Waals surface area contributed by atoms with E-state index < -0.39 is 10.0 Å². The molecule has 0 saturated carbocycles. The fraction of sp³-hybridized carbons (Fsp3) is 0.259. The van der Waals surface area contributed by atoms with Crippen molar-refractivity contribution in [2.24, 2.45) is 0 Å². The monoisotopic (exact) mass is 537 g/mol. The van der Waals surface area contributed by atoms with Gasteiger partial charge in [0.2, 0.25) is 5.91 Å². The Bertz CT molecular complexity index is 1480. The Hall–Kier alpha value is -3.40. The first kappa shape index (κ1) is 25.3. The summed E-state index contributed by atoms with van der Waals surface area (Å²) < 4.78 is 27.8. The van der Waals surface area contributed by atoms with Gasteiger partial charge in [-0.05, 0) is 36.6 Å². The van der Waals surface area contributed by atoms with Crippen LogP contribution in [0.1, 0.15) is 18.4 Å². The quantitative estimate of drug-likeness (QED) is 0.321. The van der Waals surface area contributed by atoms with Gasteiger partial charge in [-0.1, -0.05) is 48.5 Å². The van der Waals surface area contributed by atoms with Gasteiger partial charge in [0.15, 0.2) is 5.65 Å². The molecule has 0 unspecified atom stereocenters. The zero-order chi connectivity index (χ0) is 25.8. The fourth-order valence-corrected chi connectivity index (χ4v) is 6.07. The summed E-state index contributed by atoms with van der Waals surface area (Å²) in [4.78, 5) is 19.1. The first-order valence-corrected chi connectivity index (χ1v) is 14.1. The average Bonchev–Trinajstić information content (AvgIpc) is 3.37. The van der Waals surface area contributed by atoms with Gasteiger partial charge >= 0.3 is 0 Å². The third-order valence-corrected chi connectivity index (χ3v) is 8.48. The predicted octanol–water partition coefficient (Wildman–Crippen LogP) is 4.53. The first-order chi connectivity index (χ1) is 18.0. The lowest BCUT2D eigenvalue weighted by atomic mass is 10.0. The van der Waals surface area contributed by atoms with Crippen LogP contribution in [-0.2, 0) is 21.4 Å². The van der Waals surface area contributed by atoms with E-state index in [1.165, 1.54) is 21.9 Å². The Labute approximate surface area is 221 Å². The zero-order valence-electron chi connectivity index (χ0n) is 20.2. The Kier molecular flexibility index (Phi) is 7.45. The van der Waals surface area contributed by atoms with Gasteiger partial charge in [0.05, 0.1) is 22.5 Å². The molecule has 2 aromatic heterocycles. The molecule has 0 spiro atoms. The summed E-state index contributed by atoms with van der Waals surface area (Å²) in [5.41, 5.74) is 2.69. The molecule has 1 fully saturated rings. The lowest BCUT2D eigenvalue weighted by Crippen LogP contribution is -2.38. The molecular formula is C27H28ClN5O3S. The molecule has 5 rings (SSSR count). The van der Waals surface area contributed by atoms with Gasteiger partial charge in [-0.25, -0.2) is 17.4 Å². The van der Waals surface area contributed by atoms with E-state index in [-0.39, 0.29) is 28.4 Å². The maximum Gasteiger partial charge on any atom is 0.269 e. The molecule has 0 atom stereocenters. The summed E-state index contributed by atoms with van der Waals surface area (Å²) in [6.45, 7) is 2.76. The number of halogens is 1. The standard InChI is InChI=1S/C27H28ClN5O3S/c28-17-25(34)31-24-18-29-27-23(13-16-33(27)37(35,36)22-9-5-2-6-10-22)26(24)30-21-11-14-32(15-12-21)19-20-7-3-1-4-8-20/h1-10,13,16,18,21H,11-12,14-15,17,19H2,(H,29,30)(H,31,34). The number of hydrogen-bond donors (Lipinski definition) is 2. The highest BCUT2D eigenvalue weighted by atomic mass is 35.5. The van der Waals surface area contributed by atoms with Crippen LogP contribution in [-0.4, -0.2) is 53.2 Å². The summed E-state index contributed by atoms with van der Waals surface area (Å²) in [6, 6.07) is 20.5. The number of nitrogens with one attached hydrogen (secondary N) is 2. The van der Waals surface area contributed by atoms with Crippen molar-refractivity contribution in [1.82, 2.24) is 13.9 Å². The highest BCUT2D eigenvalue weighted by Crippen LogP contribution is 2.34. The van der Waals surface area contributed by atoms with Crippen molar-refractivity contribution in [3.63, 3.8) is 0 Å². The lowest BCUT2D eigenvalue weighted by molar-refractivity contribution is -0.113. The van der Waals surface area contributed by atoms with Crippen LogP contribution in [0.5, 0.6) is 0 Å². The molecule has 2 N–H and O–H groups in total. The van der Waals surface area contributed by atoms with Gasteiger partial charge in [-0.15, -0.1) is 11.6 Å². The molecule has 4 aromatic rings. The van der Waals surface area contributed by atoms with E-state index in [1.807, 2.05) is 6.07 Å². The van der Waals surface area contributed by atoms with Gasteiger partial charge in [0, 0.05) is 37.3 Å². The topological polar surface area (TPSA) is 96.3 Å². The predicted molar refractivity (Wildman–Crippen MR) is 146 cm³/mol. The van der Waals surface area contributed by atoms with E-state index in [0.717, 1.165) is 32.5 Å². The summed E-state index contributed by atoms with van der Waals surface area (Å²) in [6.07, 6.45) is 4.79.